The van der Waals surface area contributed by atoms with Gasteiger partial charge in [-0.2, -0.15) is 13.2 Å². The van der Waals surface area contributed by atoms with Crippen LogP contribution in [-0.2, 0) is 22.6 Å². The molecule has 0 radical (unpaired) electrons. The van der Waals surface area contributed by atoms with Crippen molar-refractivity contribution < 1.29 is 26.4 Å². The van der Waals surface area contributed by atoms with E-state index >= 15 is 0 Å². The lowest BCUT2D eigenvalue weighted by Gasteiger charge is -2.12. The molecular formula is C12H14F3N3O3S. The summed E-state index contributed by atoms with van der Waals surface area (Å²) < 4.78 is 60.0. The molecule has 1 aromatic rings. The fourth-order valence-corrected chi connectivity index (χ4v) is 3.74. The summed E-state index contributed by atoms with van der Waals surface area (Å²) >= 11 is 0. The number of nitrogens with one attached hydrogen (secondary N) is 2. The summed E-state index contributed by atoms with van der Waals surface area (Å²) in [7, 11) is -3.11. The van der Waals surface area contributed by atoms with Gasteiger partial charge in [-0.1, -0.05) is 0 Å². The summed E-state index contributed by atoms with van der Waals surface area (Å²) in [6.07, 6.45) is -3.19. The zero-order valence-corrected chi connectivity index (χ0v) is 12.2. The van der Waals surface area contributed by atoms with Crippen molar-refractivity contribution in [3.8, 4) is 0 Å². The first-order chi connectivity index (χ1) is 10.2. The molecule has 122 valence electrons. The van der Waals surface area contributed by atoms with Crippen LogP contribution in [0.2, 0.25) is 0 Å². The number of halogens is 3. The van der Waals surface area contributed by atoms with Crippen LogP contribution in [0.15, 0.2) is 18.3 Å². The van der Waals surface area contributed by atoms with Crippen molar-refractivity contribution in [3.63, 3.8) is 0 Å². The number of pyridine rings is 1. The predicted molar refractivity (Wildman–Crippen MR) is 71.7 cm³/mol. The molecular weight excluding hydrogens is 323 g/mol. The van der Waals surface area contributed by atoms with E-state index in [-0.39, 0.29) is 23.6 Å². The number of hydrogen-bond donors (Lipinski definition) is 2. The van der Waals surface area contributed by atoms with Crippen molar-refractivity contribution in [2.45, 2.75) is 25.2 Å². The number of alkyl halides is 3. The number of hydrogen-bond acceptors (Lipinski definition) is 4. The van der Waals surface area contributed by atoms with E-state index in [1.54, 1.807) is 0 Å². The van der Waals surface area contributed by atoms with Crippen molar-refractivity contribution in [2.75, 3.05) is 11.5 Å². The third-order valence-electron chi connectivity index (χ3n) is 3.14. The molecule has 1 aliphatic rings. The second kappa shape index (κ2) is 6.11. The van der Waals surface area contributed by atoms with E-state index in [2.05, 4.69) is 15.6 Å². The first-order valence-corrected chi connectivity index (χ1v) is 8.25. The van der Waals surface area contributed by atoms with Gasteiger partial charge in [-0.05, 0) is 24.1 Å². The normalized spacial score (nSPS) is 20.6. The zero-order chi connectivity index (χ0) is 16.4. The molecule has 2 N–H and O–H groups in total. The Balaban J connectivity index is 1.87. The highest BCUT2D eigenvalue weighted by atomic mass is 32.2. The first-order valence-electron chi connectivity index (χ1n) is 6.43. The number of amides is 2. The number of nitrogens with zero attached hydrogens (tertiary/aromatic N) is 1. The Bertz CT molecular complexity index is 661. The second-order valence-electron chi connectivity index (χ2n) is 4.97. The fourth-order valence-electron chi connectivity index (χ4n) is 2.07. The Kier molecular flexibility index (Phi) is 4.59. The molecule has 0 aliphatic carbocycles. The largest absolute Gasteiger partial charge is 0.433 e. The number of carbonyl (C=O) groups excluding carboxylic acids is 1. The molecule has 2 amide bonds. The average Bonchev–Trinajstić information content (AvgIpc) is 2.75. The average molecular weight is 337 g/mol. The molecule has 0 aromatic carbocycles. The molecule has 1 fully saturated rings. The van der Waals surface area contributed by atoms with Crippen molar-refractivity contribution in [1.29, 1.82) is 0 Å². The quantitative estimate of drug-likeness (QED) is 0.864. The van der Waals surface area contributed by atoms with Crippen LogP contribution >= 0.6 is 0 Å². The van der Waals surface area contributed by atoms with Crippen LogP contribution in [0.1, 0.15) is 17.7 Å². The zero-order valence-electron chi connectivity index (χ0n) is 11.4. The topological polar surface area (TPSA) is 88.2 Å². The Labute approximate surface area is 125 Å². The highest BCUT2D eigenvalue weighted by molar-refractivity contribution is 7.91. The number of sulfone groups is 1. The van der Waals surface area contributed by atoms with Gasteiger partial charge >= 0.3 is 12.2 Å². The minimum absolute atomic E-state index is 0.0250. The summed E-state index contributed by atoms with van der Waals surface area (Å²) in [6.45, 7) is -0.114. The number of rotatable bonds is 3. The van der Waals surface area contributed by atoms with Crippen molar-refractivity contribution in [2.24, 2.45) is 0 Å². The maximum Gasteiger partial charge on any atom is 0.433 e. The van der Waals surface area contributed by atoms with Gasteiger partial charge in [-0.25, -0.2) is 13.2 Å². The van der Waals surface area contributed by atoms with Crippen molar-refractivity contribution >= 4 is 15.9 Å². The molecule has 1 aliphatic heterocycles. The van der Waals surface area contributed by atoms with Crippen LogP contribution < -0.4 is 10.6 Å². The van der Waals surface area contributed by atoms with E-state index < -0.39 is 33.8 Å². The van der Waals surface area contributed by atoms with Gasteiger partial charge < -0.3 is 10.6 Å². The first kappa shape index (κ1) is 16.5. The Morgan fingerprint density at radius 2 is 2.14 bits per heavy atom. The van der Waals surface area contributed by atoms with E-state index in [0.29, 0.717) is 6.42 Å². The monoisotopic (exact) mass is 337 g/mol. The summed E-state index contributed by atoms with van der Waals surface area (Å²) in [5.74, 6) is -0.0921. The predicted octanol–water partition coefficient (Wildman–Crippen LogP) is 1.09. The standard InChI is InChI=1S/C12H14F3N3O3S/c13-12(14,15)10-5-8(1-3-16-10)6-17-11(19)18-9-2-4-22(20,21)7-9/h1,3,5,9H,2,4,6-7H2,(H2,17,18,19). The molecule has 1 aromatic heterocycles. The van der Waals surface area contributed by atoms with E-state index in [1.807, 2.05) is 0 Å². The number of urea groups is 1. The van der Waals surface area contributed by atoms with Gasteiger partial charge in [0.05, 0.1) is 11.5 Å². The van der Waals surface area contributed by atoms with Crippen LogP contribution in [-0.4, -0.2) is 37.0 Å². The van der Waals surface area contributed by atoms with Gasteiger partial charge in [0.25, 0.3) is 0 Å². The molecule has 0 saturated carbocycles. The van der Waals surface area contributed by atoms with Gasteiger partial charge in [-0.3, -0.25) is 4.98 Å². The van der Waals surface area contributed by atoms with Crippen molar-refractivity contribution in [3.05, 3.63) is 29.6 Å². The minimum Gasteiger partial charge on any atom is -0.334 e. The van der Waals surface area contributed by atoms with Crippen LogP contribution in [0, 0.1) is 0 Å². The molecule has 2 heterocycles. The Morgan fingerprint density at radius 3 is 2.73 bits per heavy atom. The van der Waals surface area contributed by atoms with Crippen molar-refractivity contribution in [1.82, 2.24) is 15.6 Å². The number of aromatic nitrogens is 1. The summed E-state index contributed by atoms with van der Waals surface area (Å²) in [6, 6.07) is 1.12. The number of carbonyl (C=O) groups is 1. The lowest BCUT2D eigenvalue weighted by molar-refractivity contribution is -0.141. The maximum atomic E-state index is 12.5. The van der Waals surface area contributed by atoms with E-state index in [0.717, 1.165) is 12.3 Å². The van der Waals surface area contributed by atoms with E-state index in [4.69, 9.17) is 0 Å². The Morgan fingerprint density at radius 1 is 1.41 bits per heavy atom. The second-order valence-corrected chi connectivity index (χ2v) is 7.20. The smallest absolute Gasteiger partial charge is 0.334 e. The van der Waals surface area contributed by atoms with Gasteiger partial charge in [0, 0.05) is 18.8 Å². The third-order valence-corrected chi connectivity index (χ3v) is 4.90. The molecule has 1 saturated heterocycles. The molecule has 1 unspecified atom stereocenters. The summed E-state index contributed by atoms with van der Waals surface area (Å²) in [5.41, 5.74) is -0.786. The summed E-state index contributed by atoms with van der Waals surface area (Å²) in [5, 5.41) is 4.87. The highest BCUT2D eigenvalue weighted by Gasteiger charge is 2.32. The SMILES string of the molecule is O=C(NCc1ccnc(C(F)(F)F)c1)NC1CCS(=O)(=O)C1. The van der Waals surface area contributed by atoms with E-state index in [1.165, 1.54) is 6.07 Å². The molecule has 6 nitrogen and oxygen atoms in total. The maximum absolute atomic E-state index is 12.5. The van der Waals surface area contributed by atoms with Gasteiger partial charge in [0.1, 0.15) is 5.69 Å². The fraction of sp³-hybridized carbons (Fsp3) is 0.500. The highest BCUT2D eigenvalue weighted by Crippen LogP contribution is 2.27. The molecule has 0 spiro atoms. The molecule has 22 heavy (non-hydrogen) atoms. The molecule has 0 bridgehead atoms. The van der Waals surface area contributed by atoms with Crippen LogP contribution in [0.4, 0.5) is 18.0 Å². The lowest BCUT2D eigenvalue weighted by Crippen LogP contribution is -2.42. The molecule has 1 atom stereocenters. The molecule has 10 heteroatoms. The van der Waals surface area contributed by atoms with Crippen LogP contribution in [0.25, 0.3) is 0 Å². The third kappa shape index (κ3) is 4.58. The van der Waals surface area contributed by atoms with Gasteiger partial charge in [-0.15, -0.1) is 0 Å². The van der Waals surface area contributed by atoms with Gasteiger partial charge in [0.2, 0.25) is 0 Å². The summed E-state index contributed by atoms with van der Waals surface area (Å²) in [4.78, 5) is 14.8. The van der Waals surface area contributed by atoms with Crippen LogP contribution in [0.3, 0.4) is 0 Å². The minimum atomic E-state index is -4.55. The van der Waals surface area contributed by atoms with Gasteiger partial charge in [0.15, 0.2) is 9.84 Å². The Hall–Kier alpha value is -1.84. The van der Waals surface area contributed by atoms with E-state index in [9.17, 15) is 26.4 Å². The molecule has 2 rings (SSSR count). The van der Waals surface area contributed by atoms with Crippen LogP contribution in [0.5, 0.6) is 0 Å². The lowest BCUT2D eigenvalue weighted by atomic mass is 10.2.